The molecule has 4 bridgehead atoms. The van der Waals surface area contributed by atoms with Crippen LogP contribution in [0.1, 0.15) is 51.4 Å². The molecule has 1 N–H and O–H groups in total. The minimum absolute atomic E-state index is 0.0468. The zero-order chi connectivity index (χ0) is 18.5. The van der Waals surface area contributed by atoms with Crippen molar-refractivity contribution in [3.63, 3.8) is 0 Å². The lowest BCUT2D eigenvalue weighted by Gasteiger charge is -2.56. The standard InChI is InChI=1S/C20H30N2O4/c1-21(12-17(23)22-4-2-16(3-5-22)18(24)25)19(26)20-9-13-6-14(10-20)8-15(7-13)11-20/h13-16H,2-12H2,1H3,(H,24,25). The van der Waals surface area contributed by atoms with Crippen molar-refractivity contribution >= 4 is 17.8 Å². The average Bonchev–Trinajstić information content (AvgIpc) is 2.59. The highest BCUT2D eigenvalue weighted by atomic mass is 16.4. The van der Waals surface area contributed by atoms with Gasteiger partial charge in [-0.25, -0.2) is 0 Å². The quantitative estimate of drug-likeness (QED) is 0.830. The lowest BCUT2D eigenvalue weighted by Crippen LogP contribution is -2.55. The molecule has 6 nitrogen and oxygen atoms in total. The molecule has 1 saturated heterocycles. The molecule has 2 amide bonds. The highest BCUT2D eigenvalue weighted by Gasteiger charge is 2.55. The fourth-order valence-corrected chi connectivity index (χ4v) is 6.53. The first kappa shape index (κ1) is 17.8. The van der Waals surface area contributed by atoms with Crippen molar-refractivity contribution in [2.24, 2.45) is 29.1 Å². The van der Waals surface area contributed by atoms with Crippen LogP contribution in [0.2, 0.25) is 0 Å². The van der Waals surface area contributed by atoms with Crippen LogP contribution in [0.15, 0.2) is 0 Å². The maximum atomic E-state index is 13.2. The van der Waals surface area contributed by atoms with E-state index in [0.717, 1.165) is 19.3 Å². The Morgan fingerprint density at radius 2 is 1.50 bits per heavy atom. The van der Waals surface area contributed by atoms with Crippen molar-refractivity contribution in [2.75, 3.05) is 26.7 Å². The van der Waals surface area contributed by atoms with E-state index < -0.39 is 5.97 Å². The molecule has 5 aliphatic rings. The van der Waals surface area contributed by atoms with E-state index in [0.29, 0.717) is 43.7 Å². The summed E-state index contributed by atoms with van der Waals surface area (Å²) in [6, 6.07) is 0. The van der Waals surface area contributed by atoms with Gasteiger partial charge in [0.1, 0.15) is 0 Å². The Hall–Kier alpha value is -1.59. The SMILES string of the molecule is CN(CC(=O)N1CCC(C(=O)O)CC1)C(=O)C12CC3CC(CC(C3)C1)C2. The Kier molecular flexibility index (Phi) is 4.48. The van der Waals surface area contributed by atoms with Gasteiger partial charge in [0.05, 0.1) is 17.9 Å². The van der Waals surface area contributed by atoms with Gasteiger partial charge < -0.3 is 14.9 Å². The van der Waals surface area contributed by atoms with Gasteiger partial charge in [0, 0.05) is 20.1 Å². The number of amides is 2. The second-order valence-corrected chi connectivity index (χ2v) is 9.35. The van der Waals surface area contributed by atoms with Gasteiger partial charge in [-0.1, -0.05) is 0 Å². The molecule has 0 aromatic rings. The van der Waals surface area contributed by atoms with Gasteiger partial charge in [-0.05, 0) is 69.1 Å². The van der Waals surface area contributed by atoms with Crippen LogP contribution in [0.25, 0.3) is 0 Å². The molecule has 5 fully saturated rings. The number of carboxylic acids is 1. The van der Waals surface area contributed by atoms with Crippen molar-refractivity contribution in [3.8, 4) is 0 Å². The molecule has 26 heavy (non-hydrogen) atoms. The molecule has 1 aliphatic heterocycles. The molecule has 4 saturated carbocycles. The summed E-state index contributed by atoms with van der Waals surface area (Å²) in [5.74, 6) is 1.15. The van der Waals surface area contributed by atoms with Crippen LogP contribution in [0, 0.1) is 29.1 Å². The van der Waals surface area contributed by atoms with E-state index in [9.17, 15) is 14.4 Å². The molecule has 0 spiro atoms. The van der Waals surface area contributed by atoms with Gasteiger partial charge in [0.2, 0.25) is 11.8 Å². The minimum atomic E-state index is -0.772. The first-order valence-corrected chi connectivity index (χ1v) is 10.1. The number of hydrogen-bond acceptors (Lipinski definition) is 3. The number of piperidine rings is 1. The number of likely N-dealkylation sites (tertiary alicyclic amines) is 1. The minimum Gasteiger partial charge on any atom is -0.481 e. The molecular weight excluding hydrogens is 332 g/mol. The van der Waals surface area contributed by atoms with E-state index in [-0.39, 0.29) is 29.7 Å². The molecule has 5 rings (SSSR count). The van der Waals surface area contributed by atoms with E-state index in [1.54, 1.807) is 16.8 Å². The Labute approximate surface area is 154 Å². The lowest BCUT2D eigenvalue weighted by molar-refractivity contribution is -0.159. The number of carbonyl (C=O) groups excluding carboxylic acids is 2. The van der Waals surface area contributed by atoms with Crippen LogP contribution in [-0.4, -0.2) is 59.4 Å². The summed E-state index contributed by atoms with van der Waals surface area (Å²) >= 11 is 0. The summed E-state index contributed by atoms with van der Waals surface area (Å²) in [6.45, 7) is 1.09. The van der Waals surface area contributed by atoms with Crippen LogP contribution in [0.3, 0.4) is 0 Å². The zero-order valence-electron chi connectivity index (χ0n) is 15.7. The molecule has 0 atom stereocenters. The summed E-state index contributed by atoms with van der Waals surface area (Å²) < 4.78 is 0. The zero-order valence-corrected chi connectivity index (χ0v) is 15.7. The van der Waals surface area contributed by atoms with Crippen molar-refractivity contribution in [1.82, 2.24) is 9.80 Å². The van der Waals surface area contributed by atoms with Crippen LogP contribution < -0.4 is 0 Å². The molecule has 4 aliphatic carbocycles. The molecule has 6 heteroatoms. The number of hydrogen-bond donors (Lipinski definition) is 1. The number of aliphatic carboxylic acids is 1. The summed E-state index contributed by atoms with van der Waals surface area (Å²) in [4.78, 5) is 40.3. The predicted molar refractivity (Wildman–Crippen MR) is 95.2 cm³/mol. The molecule has 1 heterocycles. The van der Waals surface area contributed by atoms with Crippen molar-refractivity contribution in [1.29, 1.82) is 0 Å². The predicted octanol–water partition coefficient (Wildman–Crippen LogP) is 1.98. The van der Waals surface area contributed by atoms with Gasteiger partial charge in [-0.15, -0.1) is 0 Å². The van der Waals surface area contributed by atoms with Gasteiger partial charge in [-0.3, -0.25) is 14.4 Å². The van der Waals surface area contributed by atoms with Gasteiger partial charge >= 0.3 is 5.97 Å². The fourth-order valence-electron chi connectivity index (χ4n) is 6.53. The Morgan fingerprint density at radius 1 is 1.00 bits per heavy atom. The first-order chi connectivity index (χ1) is 12.4. The lowest BCUT2D eigenvalue weighted by atomic mass is 9.49. The Bertz CT molecular complexity index is 574. The first-order valence-electron chi connectivity index (χ1n) is 10.1. The Morgan fingerprint density at radius 3 is 1.96 bits per heavy atom. The van der Waals surface area contributed by atoms with Crippen molar-refractivity contribution in [3.05, 3.63) is 0 Å². The molecule has 0 aromatic carbocycles. The normalized spacial score (nSPS) is 36.2. The van der Waals surface area contributed by atoms with E-state index in [2.05, 4.69) is 0 Å². The van der Waals surface area contributed by atoms with Crippen LogP contribution >= 0.6 is 0 Å². The number of nitrogens with zero attached hydrogens (tertiary/aromatic N) is 2. The van der Waals surface area contributed by atoms with Gasteiger partial charge in [0.25, 0.3) is 0 Å². The highest BCUT2D eigenvalue weighted by molar-refractivity contribution is 5.88. The summed E-state index contributed by atoms with van der Waals surface area (Å²) in [6.07, 6.45) is 7.96. The number of carboxylic acid groups (broad SMARTS) is 1. The molecule has 0 aromatic heterocycles. The topological polar surface area (TPSA) is 77.9 Å². The van der Waals surface area contributed by atoms with E-state index >= 15 is 0 Å². The number of likely N-dealkylation sites (N-methyl/N-ethyl adjacent to an activating group) is 1. The van der Waals surface area contributed by atoms with E-state index in [1.165, 1.54) is 19.3 Å². The van der Waals surface area contributed by atoms with Crippen molar-refractivity contribution in [2.45, 2.75) is 51.4 Å². The van der Waals surface area contributed by atoms with Gasteiger partial charge in [-0.2, -0.15) is 0 Å². The van der Waals surface area contributed by atoms with Crippen LogP contribution in [-0.2, 0) is 14.4 Å². The highest BCUT2D eigenvalue weighted by Crippen LogP contribution is 2.60. The summed E-state index contributed by atoms with van der Waals surface area (Å²) in [5, 5.41) is 9.08. The van der Waals surface area contributed by atoms with Crippen LogP contribution in [0.5, 0.6) is 0 Å². The Balaban J connectivity index is 1.35. The average molecular weight is 362 g/mol. The third kappa shape index (κ3) is 3.12. The third-order valence-corrected chi connectivity index (χ3v) is 7.41. The largest absolute Gasteiger partial charge is 0.481 e. The van der Waals surface area contributed by atoms with Crippen molar-refractivity contribution < 1.29 is 19.5 Å². The second kappa shape index (κ2) is 6.54. The smallest absolute Gasteiger partial charge is 0.306 e. The fraction of sp³-hybridized carbons (Fsp3) is 0.850. The molecule has 144 valence electrons. The second-order valence-electron chi connectivity index (χ2n) is 9.35. The third-order valence-electron chi connectivity index (χ3n) is 7.41. The van der Waals surface area contributed by atoms with E-state index in [4.69, 9.17) is 5.11 Å². The van der Waals surface area contributed by atoms with Crippen LogP contribution in [0.4, 0.5) is 0 Å². The monoisotopic (exact) mass is 362 g/mol. The molecule has 0 radical (unpaired) electrons. The molecule has 0 unspecified atom stereocenters. The number of carbonyl (C=O) groups is 3. The summed E-state index contributed by atoms with van der Waals surface area (Å²) in [5.41, 5.74) is -0.208. The van der Waals surface area contributed by atoms with E-state index in [1.807, 2.05) is 0 Å². The molecular formula is C20H30N2O4. The van der Waals surface area contributed by atoms with Gasteiger partial charge in [0.15, 0.2) is 0 Å². The maximum Gasteiger partial charge on any atom is 0.306 e. The summed E-state index contributed by atoms with van der Waals surface area (Å²) in [7, 11) is 1.77. The maximum absolute atomic E-state index is 13.2. The number of rotatable bonds is 4.